The van der Waals surface area contributed by atoms with Crippen molar-refractivity contribution in [2.45, 2.75) is 0 Å². The van der Waals surface area contributed by atoms with Gasteiger partial charge in [-0.25, -0.2) is 4.98 Å². The summed E-state index contributed by atoms with van der Waals surface area (Å²) in [5.74, 6) is 1.86. The number of nitrogens with zero attached hydrogens (tertiary/aromatic N) is 2. The van der Waals surface area contributed by atoms with Gasteiger partial charge in [-0.3, -0.25) is 5.10 Å². The molecule has 0 aliphatic rings. The van der Waals surface area contributed by atoms with Crippen LogP contribution >= 0.6 is 0 Å². The number of benzene rings is 2. The highest BCUT2D eigenvalue weighted by molar-refractivity contribution is 5.94. The Morgan fingerprint density at radius 3 is 2.11 bits per heavy atom. The zero-order valence-electron chi connectivity index (χ0n) is 15.7. The van der Waals surface area contributed by atoms with Crippen molar-refractivity contribution >= 4 is 11.0 Å². The van der Waals surface area contributed by atoms with Crippen LogP contribution < -0.4 is 14.2 Å². The first-order valence-corrected chi connectivity index (χ1v) is 8.58. The molecule has 2 aromatic carbocycles. The molecule has 0 spiro atoms. The van der Waals surface area contributed by atoms with Crippen LogP contribution in [0.15, 0.2) is 48.7 Å². The van der Waals surface area contributed by atoms with Crippen LogP contribution in [0, 0.1) is 0 Å². The van der Waals surface area contributed by atoms with Crippen molar-refractivity contribution in [1.82, 2.24) is 15.2 Å². The summed E-state index contributed by atoms with van der Waals surface area (Å²) in [5.41, 5.74) is 4.10. The predicted octanol–water partition coefficient (Wildman–Crippen LogP) is 4.02. The quantitative estimate of drug-likeness (QED) is 0.546. The summed E-state index contributed by atoms with van der Waals surface area (Å²) in [7, 11) is 4.73. The third kappa shape index (κ3) is 2.96. The van der Waals surface area contributed by atoms with Crippen LogP contribution in [0.2, 0.25) is 0 Å². The number of hydrogen-bond donors (Lipinski definition) is 2. The fourth-order valence-electron chi connectivity index (χ4n) is 3.16. The van der Waals surface area contributed by atoms with Crippen LogP contribution in [0.5, 0.6) is 23.0 Å². The number of methoxy groups -OCH3 is 3. The zero-order valence-corrected chi connectivity index (χ0v) is 15.7. The molecule has 0 radical (unpaired) electrons. The van der Waals surface area contributed by atoms with E-state index in [-0.39, 0.29) is 5.75 Å². The van der Waals surface area contributed by atoms with Gasteiger partial charge in [-0.15, -0.1) is 0 Å². The fraction of sp³-hybridized carbons (Fsp3) is 0.143. The summed E-state index contributed by atoms with van der Waals surface area (Å²) < 4.78 is 16.3. The Kier molecular flexibility index (Phi) is 4.49. The minimum absolute atomic E-state index is 0.221. The van der Waals surface area contributed by atoms with Crippen molar-refractivity contribution in [3.05, 3.63) is 48.7 Å². The molecule has 4 rings (SSSR count). The van der Waals surface area contributed by atoms with Crippen molar-refractivity contribution in [2.75, 3.05) is 21.3 Å². The van der Waals surface area contributed by atoms with E-state index in [0.29, 0.717) is 22.9 Å². The maximum absolute atomic E-state index is 9.51. The summed E-state index contributed by atoms with van der Waals surface area (Å²) in [5, 5.41) is 17.7. The monoisotopic (exact) mass is 377 g/mol. The van der Waals surface area contributed by atoms with Crippen LogP contribution in [0.3, 0.4) is 0 Å². The van der Waals surface area contributed by atoms with E-state index in [1.165, 1.54) is 0 Å². The van der Waals surface area contributed by atoms with Gasteiger partial charge < -0.3 is 19.3 Å². The van der Waals surface area contributed by atoms with Crippen molar-refractivity contribution in [1.29, 1.82) is 0 Å². The molecule has 4 aromatic rings. The number of nitrogens with one attached hydrogen (secondary N) is 1. The molecule has 0 unspecified atom stereocenters. The first kappa shape index (κ1) is 17.7. The lowest BCUT2D eigenvalue weighted by Crippen LogP contribution is -1.96. The smallest absolute Gasteiger partial charge is 0.203 e. The van der Waals surface area contributed by atoms with Crippen molar-refractivity contribution in [3.63, 3.8) is 0 Å². The van der Waals surface area contributed by atoms with Crippen LogP contribution in [-0.4, -0.2) is 41.6 Å². The minimum atomic E-state index is 0.221. The van der Waals surface area contributed by atoms with Crippen molar-refractivity contribution < 1.29 is 19.3 Å². The number of aromatic nitrogens is 3. The second kappa shape index (κ2) is 7.11. The average molecular weight is 377 g/mol. The summed E-state index contributed by atoms with van der Waals surface area (Å²) in [6, 6.07) is 12.7. The Bertz CT molecular complexity index is 1110. The van der Waals surface area contributed by atoms with Gasteiger partial charge in [0.15, 0.2) is 17.1 Å². The predicted molar refractivity (Wildman–Crippen MR) is 106 cm³/mol. The third-order valence-corrected chi connectivity index (χ3v) is 4.56. The van der Waals surface area contributed by atoms with Crippen LogP contribution in [-0.2, 0) is 0 Å². The lowest BCUT2D eigenvalue weighted by atomic mass is 10.0. The average Bonchev–Trinajstić information content (AvgIpc) is 3.16. The zero-order chi connectivity index (χ0) is 19.7. The molecule has 0 saturated heterocycles. The highest BCUT2D eigenvalue weighted by atomic mass is 16.5. The van der Waals surface area contributed by atoms with Crippen LogP contribution in [0.25, 0.3) is 33.4 Å². The summed E-state index contributed by atoms with van der Waals surface area (Å²) >= 11 is 0. The molecule has 0 aliphatic carbocycles. The normalized spacial score (nSPS) is 10.8. The second-order valence-electron chi connectivity index (χ2n) is 6.15. The van der Waals surface area contributed by atoms with E-state index in [1.54, 1.807) is 39.7 Å². The van der Waals surface area contributed by atoms with E-state index in [4.69, 9.17) is 14.2 Å². The number of pyridine rings is 1. The maximum Gasteiger partial charge on any atom is 0.203 e. The molecule has 0 aliphatic heterocycles. The Morgan fingerprint density at radius 1 is 0.821 bits per heavy atom. The molecule has 28 heavy (non-hydrogen) atoms. The standard InChI is InChI=1S/C21H19N3O4/c1-26-17-9-13(10-18(27-2)20(17)28-3)19-16-8-14(11-22-21(16)24-23-19)12-4-6-15(25)7-5-12/h4-11,25H,1-3H3,(H,22,23,24). The molecule has 0 saturated carbocycles. The number of ether oxygens (including phenoxy) is 3. The van der Waals surface area contributed by atoms with Crippen LogP contribution in [0.1, 0.15) is 0 Å². The maximum atomic E-state index is 9.51. The molecule has 2 N–H and O–H groups in total. The van der Waals surface area contributed by atoms with E-state index in [1.807, 2.05) is 30.3 Å². The highest BCUT2D eigenvalue weighted by Gasteiger charge is 2.17. The van der Waals surface area contributed by atoms with Gasteiger partial charge in [-0.1, -0.05) is 12.1 Å². The van der Waals surface area contributed by atoms with E-state index in [2.05, 4.69) is 15.2 Å². The summed E-state index contributed by atoms with van der Waals surface area (Å²) in [6.45, 7) is 0. The van der Waals surface area contributed by atoms with E-state index >= 15 is 0 Å². The Balaban J connectivity index is 1.87. The lowest BCUT2D eigenvalue weighted by molar-refractivity contribution is 0.324. The van der Waals surface area contributed by atoms with Gasteiger partial charge in [-0.2, -0.15) is 5.10 Å². The van der Waals surface area contributed by atoms with Gasteiger partial charge in [0.05, 0.1) is 27.0 Å². The molecular formula is C21H19N3O4. The molecule has 2 heterocycles. The summed E-state index contributed by atoms with van der Waals surface area (Å²) in [6.07, 6.45) is 1.76. The molecule has 7 heteroatoms. The van der Waals surface area contributed by atoms with Gasteiger partial charge in [0.25, 0.3) is 0 Å². The second-order valence-corrected chi connectivity index (χ2v) is 6.15. The minimum Gasteiger partial charge on any atom is -0.508 e. The van der Waals surface area contributed by atoms with Gasteiger partial charge in [-0.05, 0) is 35.9 Å². The summed E-state index contributed by atoms with van der Waals surface area (Å²) in [4.78, 5) is 4.45. The van der Waals surface area contributed by atoms with E-state index < -0.39 is 0 Å². The van der Waals surface area contributed by atoms with Crippen molar-refractivity contribution in [3.8, 4) is 45.4 Å². The third-order valence-electron chi connectivity index (χ3n) is 4.56. The van der Waals surface area contributed by atoms with E-state index in [0.717, 1.165) is 27.8 Å². The number of phenolic OH excluding ortho intramolecular Hbond substituents is 1. The number of H-pyrrole nitrogens is 1. The molecule has 0 amide bonds. The molecule has 2 aromatic heterocycles. The first-order chi connectivity index (χ1) is 13.6. The lowest BCUT2D eigenvalue weighted by Gasteiger charge is -2.13. The number of aromatic amines is 1. The molecule has 0 fully saturated rings. The number of phenols is 1. The molecular weight excluding hydrogens is 358 g/mol. The van der Waals surface area contributed by atoms with Gasteiger partial charge in [0, 0.05) is 22.7 Å². The molecule has 7 nitrogen and oxygen atoms in total. The number of fused-ring (bicyclic) bond motifs is 1. The van der Waals surface area contributed by atoms with Crippen LogP contribution in [0.4, 0.5) is 0 Å². The number of rotatable bonds is 5. The number of aromatic hydroxyl groups is 1. The molecule has 142 valence electrons. The van der Waals surface area contributed by atoms with E-state index in [9.17, 15) is 5.11 Å². The topological polar surface area (TPSA) is 89.5 Å². The van der Waals surface area contributed by atoms with Gasteiger partial charge >= 0.3 is 0 Å². The number of hydrogen-bond acceptors (Lipinski definition) is 6. The largest absolute Gasteiger partial charge is 0.508 e. The molecule has 0 atom stereocenters. The highest BCUT2D eigenvalue weighted by Crippen LogP contribution is 2.42. The first-order valence-electron chi connectivity index (χ1n) is 8.58. The van der Waals surface area contributed by atoms with Gasteiger partial charge in [0.2, 0.25) is 5.75 Å². The Hall–Kier alpha value is -3.74. The van der Waals surface area contributed by atoms with Crippen molar-refractivity contribution in [2.24, 2.45) is 0 Å². The van der Waals surface area contributed by atoms with Gasteiger partial charge in [0.1, 0.15) is 5.75 Å². The fourth-order valence-corrected chi connectivity index (χ4v) is 3.16. The molecule has 0 bridgehead atoms. The Morgan fingerprint density at radius 2 is 1.50 bits per heavy atom. The Labute approximate surface area is 161 Å². The SMILES string of the molecule is COc1cc(-c2[nH]nc3ncc(-c4ccc(O)cc4)cc23)cc(OC)c1OC.